The van der Waals surface area contributed by atoms with Crippen LogP contribution in [0.2, 0.25) is 25.7 Å². The summed E-state index contributed by atoms with van der Waals surface area (Å²) in [5, 5.41) is 0. The fourth-order valence-corrected chi connectivity index (χ4v) is 9.08. The van der Waals surface area contributed by atoms with Crippen LogP contribution in [0.25, 0.3) is 0 Å². The Morgan fingerprint density at radius 1 is 0.783 bits per heavy atom. The first-order valence-electron chi connectivity index (χ1n) is 9.15. The minimum Gasteiger partial charge on any atom is -0.373 e. The highest BCUT2D eigenvalue weighted by Crippen LogP contribution is 2.36. The minimum absolute atomic E-state index is 0.173. The van der Waals surface area contributed by atoms with Crippen molar-refractivity contribution in [1.29, 1.82) is 0 Å². The first kappa shape index (κ1) is 23.7. The molecular weight excluding hydrogens is 340 g/mol. The van der Waals surface area contributed by atoms with Crippen LogP contribution < -0.4 is 0 Å². The van der Waals surface area contributed by atoms with Crippen LogP contribution in [0.1, 0.15) is 53.9 Å². The van der Waals surface area contributed by atoms with Crippen molar-refractivity contribution in [1.82, 2.24) is 0 Å². The lowest BCUT2D eigenvalue weighted by Gasteiger charge is -2.37. The Labute approximate surface area is 151 Å². The Morgan fingerprint density at radius 3 is 1.48 bits per heavy atom. The molecule has 0 aliphatic heterocycles. The average Bonchev–Trinajstić information content (AvgIpc) is 2.46. The van der Waals surface area contributed by atoms with E-state index in [1.807, 2.05) is 0 Å². The minimum atomic E-state index is -2.59. The molecule has 140 valence electrons. The SMILES string of the molecule is CCCO[Si](CC(C)(C)CS[Si](C)(C)C)(OCCC)OCCC. The van der Waals surface area contributed by atoms with E-state index in [4.69, 9.17) is 13.3 Å². The van der Waals surface area contributed by atoms with Crippen molar-refractivity contribution >= 4 is 27.2 Å². The molecule has 0 saturated heterocycles. The third kappa shape index (κ3) is 11.8. The maximum absolute atomic E-state index is 6.25. The molecule has 0 rings (SSSR count). The second kappa shape index (κ2) is 11.3. The summed E-state index contributed by atoms with van der Waals surface area (Å²) < 4.78 is 18.7. The fraction of sp³-hybridized carbons (Fsp3) is 1.00. The van der Waals surface area contributed by atoms with Gasteiger partial charge in [-0.2, -0.15) is 11.2 Å². The van der Waals surface area contributed by atoms with Gasteiger partial charge in [-0.25, -0.2) is 0 Å². The Bertz CT molecular complexity index is 285. The molecule has 0 aromatic heterocycles. The summed E-state index contributed by atoms with van der Waals surface area (Å²) in [5.74, 6) is 1.15. The van der Waals surface area contributed by atoms with Crippen LogP contribution in [-0.4, -0.2) is 41.6 Å². The molecule has 0 fully saturated rings. The van der Waals surface area contributed by atoms with Crippen LogP contribution in [0.4, 0.5) is 0 Å². The summed E-state index contributed by atoms with van der Waals surface area (Å²) in [5.41, 5.74) is 0.173. The second-order valence-electron chi connectivity index (χ2n) is 7.97. The molecule has 3 nitrogen and oxygen atoms in total. The summed E-state index contributed by atoms with van der Waals surface area (Å²) in [6, 6.07) is 0.914. The quantitative estimate of drug-likeness (QED) is 0.356. The van der Waals surface area contributed by atoms with Crippen molar-refractivity contribution in [2.24, 2.45) is 5.41 Å². The smallest absolute Gasteiger partial charge is 0.373 e. The van der Waals surface area contributed by atoms with Gasteiger partial charge in [0.05, 0.1) is 0 Å². The maximum Gasteiger partial charge on any atom is 0.501 e. The van der Waals surface area contributed by atoms with Crippen LogP contribution >= 0.6 is 11.2 Å². The molecular formula is C17H40O3SSi2. The summed E-state index contributed by atoms with van der Waals surface area (Å²) >= 11 is 2.15. The highest BCUT2D eigenvalue weighted by molar-refractivity contribution is 8.28. The molecule has 0 radical (unpaired) electrons. The normalized spacial score (nSPS) is 13.6. The predicted molar refractivity (Wildman–Crippen MR) is 109 cm³/mol. The van der Waals surface area contributed by atoms with E-state index in [1.165, 1.54) is 0 Å². The lowest BCUT2D eigenvalue weighted by atomic mass is 10.00. The van der Waals surface area contributed by atoms with E-state index in [0.29, 0.717) is 0 Å². The summed E-state index contributed by atoms with van der Waals surface area (Å²) in [6.45, 7) is 20.5. The van der Waals surface area contributed by atoms with Crippen molar-refractivity contribution in [2.75, 3.05) is 25.6 Å². The third-order valence-corrected chi connectivity index (χ3v) is 11.3. The Kier molecular flexibility index (Phi) is 11.6. The number of hydrogen-bond donors (Lipinski definition) is 0. The van der Waals surface area contributed by atoms with E-state index in [9.17, 15) is 0 Å². The summed E-state index contributed by atoms with van der Waals surface area (Å²) in [6.07, 6.45) is 3.01. The average molecular weight is 381 g/mol. The van der Waals surface area contributed by atoms with Crippen molar-refractivity contribution in [2.45, 2.75) is 79.6 Å². The van der Waals surface area contributed by atoms with Gasteiger partial charge in [-0.15, -0.1) is 0 Å². The van der Waals surface area contributed by atoms with Gasteiger partial charge in [-0.05, 0) is 30.4 Å². The Hall–Kier alpha value is 0.664. The molecule has 0 saturated carbocycles. The molecule has 0 heterocycles. The predicted octanol–water partition coefficient (Wildman–Crippen LogP) is 5.80. The fourth-order valence-electron chi connectivity index (χ4n) is 2.10. The van der Waals surface area contributed by atoms with Gasteiger partial charge in [0.25, 0.3) is 0 Å². The van der Waals surface area contributed by atoms with E-state index in [1.54, 1.807) is 0 Å². The van der Waals surface area contributed by atoms with E-state index in [-0.39, 0.29) is 5.41 Å². The summed E-state index contributed by atoms with van der Waals surface area (Å²) in [4.78, 5) is 0. The van der Waals surface area contributed by atoms with Crippen molar-refractivity contribution in [3.05, 3.63) is 0 Å². The largest absolute Gasteiger partial charge is 0.501 e. The molecule has 6 heteroatoms. The molecule has 0 aromatic carbocycles. The molecule has 23 heavy (non-hydrogen) atoms. The van der Waals surface area contributed by atoms with Crippen LogP contribution in [0.3, 0.4) is 0 Å². The number of rotatable bonds is 14. The molecule has 0 aliphatic carbocycles. The molecule has 0 spiro atoms. The molecule has 0 amide bonds. The topological polar surface area (TPSA) is 27.7 Å². The molecule has 0 atom stereocenters. The lowest BCUT2D eigenvalue weighted by molar-refractivity contribution is 0.0518. The van der Waals surface area contributed by atoms with Gasteiger partial charge < -0.3 is 13.3 Å². The van der Waals surface area contributed by atoms with Gasteiger partial charge in [0, 0.05) is 25.9 Å². The van der Waals surface area contributed by atoms with Gasteiger partial charge in [-0.3, -0.25) is 0 Å². The molecule has 0 aromatic rings. The zero-order valence-electron chi connectivity index (χ0n) is 16.8. The monoisotopic (exact) mass is 380 g/mol. The second-order valence-corrected chi connectivity index (χ2v) is 19.9. The van der Waals surface area contributed by atoms with Gasteiger partial charge in [0.15, 0.2) is 0 Å². The highest BCUT2D eigenvalue weighted by Gasteiger charge is 2.46. The van der Waals surface area contributed by atoms with Gasteiger partial charge in [0.1, 0.15) is 7.22 Å². The van der Waals surface area contributed by atoms with Crippen LogP contribution in [0.5, 0.6) is 0 Å². The third-order valence-electron chi connectivity index (χ3n) is 3.17. The maximum atomic E-state index is 6.25. The Morgan fingerprint density at radius 2 is 1.17 bits per heavy atom. The van der Waals surface area contributed by atoms with Crippen molar-refractivity contribution in [3.8, 4) is 0 Å². The molecule has 0 N–H and O–H groups in total. The van der Waals surface area contributed by atoms with Gasteiger partial charge in [-0.1, -0.05) is 54.3 Å². The zero-order valence-corrected chi connectivity index (χ0v) is 19.6. The van der Waals surface area contributed by atoms with E-state index >= 15 is 0 Å². The van der Waals surface area contributed by atoms with E-state index < -0.39 is 16.0 Å². The van der Waals surface area contributed by atoms with Crippen LogP contribution in [-0.2, 0) is 13.3 Å². The molecule has 0 unspecified atom stereocenters. The van der Waals surface area contributed by atoms with E-state index in [2.05, 4.69) is 65.5 Å². The number of hydrogen-bond acceptors (Lipinski definition) is 4. The van der Waals surface area contributed by atoms with Gasteiger partial charge >= 0.3 is 8.80 Å². The molecule has 0 aliphatic rings. The van der Waals surface area contributed by atoms with E-state index in [0.717, 1.165) is 50.9 Å². The molecule has 0 bridgehead atoms. The van der Waals surface area contributed by atoms with Crippen molar-refractivity contribution < 1.29 is 13.3 Å². The first-order valence-corrected chi connectivity index (χ1v) is 16.3. The van der Waals surface area contributed by atoms with Crippen LogP contribution in [0, 0.1) is 5.41 Å². The van der Waals surface area contributed by atoms with Crippen molar-refractivity contribution in [3.63, 3.8) is 0 Å². The standard InChI is InChI=1S/C17H40O3SSi2/c1-9-12-18-23(19-13-10-2,20-14-11-3)16-17(4,5)15-21-22(6,7)8/h9-16H2,1-8H3. The highest BCUT2D eigenvalue weighted by atomic mass is 32.4. The summed E-state index contributed by atoms with van der Waals surface area (Å²) in [7, 11) is -3.70. The van der Waals surface area contributed by atoms with Crippen LogP contribution in [0.15, 0.2) is 0 Å². The zero-order chi connectivity index (χ0) is 18.0. The van der Waals surface area contributed by atoms with Gasteiger partial charge in [0.2, 0.25) is 0 Å². The lowest BCUT2D eigenvalue weighted by Crippen LogP contribution is -2.50. The first-order chi connectivity index (χ1) is 10.6. The Balaban J connectivity index is 5.03.